The first-order valence-corrected chi connectivity index (χ1v) is 10.6. The maximum atomic E-state index is 12.8. The van der Waals surface area contributed by atoms with Crippen molar-refractivity contribution in [2.24, 2.45) is 11.8 Å². The first-order valence-electron chi connectivity index (χ1n) is 10.6. The highest BCUT2D eigenvalue weighted by molar-refractivity contribution is 6.05. The summed E-state index contributed by atoms with van der Waals surface area (Å²) in [6.07, 6.45) is 3.77. The van der Waals surface area contributed by atoms with E-state index in [4.69, 9.17) is 9.47 Å². The maximum absolute atomic E-state index is 12.8. The number of imide groups is 1. The van der Waals surface area contributed by atoms with Crippen molar-refractivity contribution in [3.63, 3.8) is 0 Å². The number of amides is 3. The standard InChI is InChI=1S/C22H28N2O5/c1-2-23(14-15-7-8-18-19(13-15)29-12-11-28-18)20(25)9-10-24-21(26)16-5-3-4-6-17(16)22(24)27/h7-8,13,16-17H,2-6,9-12,14H2,1H3/t16-,17+. The second kappa shape index (κ2) is 8.43. The monoisotopic (exact) mass is 400 g/mol. The average Bonchev–Trinajstić information content (AvgIpc) is 3.00. The topological polar surface area (TPSA) is 76.2 Å². The molecule has 7 heteroatoms. The molecule has 2 fully saturated rings. The molecule has 7 nitrogen and oxygen atoms in total. The number of rotatable bonds is 6. The van der Waals surface area contributed by atoms with Gasteiger partial charge in [-0.15, -0.1) is 0 Å². The molecule has 1 saturated carbocycles. The van der Waals surface area contributed by atoms with Gasteiger partial charge in [-0.2, -0.15) is 0 Å². The summed E-state index contributed by atoms with van der Waals surface area (Å²) in [6.45, 7) is 4.19. The Morgan fingerprint density at radius 3 is 2.38 bits per heavy atom. The highest BCUT2D eigenvalue weighted by Crippen LogP contribution is 2.38. The first kappa shape index (κ1) is 19.7. The molecule has 3 amide bonds. The molecule has 2 heterocycles. The van der Waals surface area contributed by atoms with Gasteiger partial charge in [-0.3, -0.25) is 19.3 Å². The molecule has 3 aliphatic rings. The van der Waals surface area contributed by atoms with E-state index in [-0.39, 0.29) is 42.5 Å². The molecule has 1 aromatic carbocycles. The van der Waals surface area contributed by atoms with Crippen LogP contribution in [0.5, 0.6) is 11.5 Å². The number of ether oxygens (including phenoxy) is 2. The molecule has 0 bridgehead atoms. The Morgan fingerprint density at radius 2 is 1.72 bits per heavy atom. The van der Waals surface area contributed by atoms with E-state index in [1.807, 2.05) is 25.1 Å². The zero-order valence-electron chi connectivity index (χ0n) is 16.9. The molecular formula is C22H28N2O5. The highest BCUT2D eigenvalue weighted by atomic mass is 16.6. The van der Waals surface area contributed by atoms with Crippen molar-refractivity contribution in [1.82, 2.24) is 9.80 Å². The lowest BCUT2D eigenvalue weighted by Gasteiger charge is -2.24. The van der Waals surface area contributed by atoms with Crippen LogP contribution in [-0.4, -0.2) is 53.8 Å². The second-order valence-corrected chi connectivity index (χ2v) is 7.96. The average molecular weight is 400 g/mol. The predicted octanol–water partition coefficient (Wildman–Crippen LogP) is 2.37. The van der Waals surface area contributed by atoms with Gasteiger partial charge in [-0.1, -0.05) is 18.9 Å². The summed E-state index contributed by atoms with van der Waals surface area (Å²) in [5.41, 5.74) is 0.962. The number of likely N-dealkylation sites (tertiary alicyclic amines) is 1. The Bertz CT molecular complexity index is 784. The fraction of sp³-hybridized carbons (Fsp3) is 0.591. The Labute approximate surface area is 170 Å². The van der Waals surface area contributed by atoms with Crippen LogP contribution in [0.25, 0.3) is 0 Å². The molecule has 1 saturated heterocycles. The van der Waals surface area contributed by atoms with E-state index in [0.29, 0.717) is 32.1 Å². The summed E-state index contributed by atoms with van der Waals surface area (Å²) in [7, 11) is 0. The van der Waals surface area contributed by atoms with E-state index in [0.717, 1.165) is 37.0 Å². The zero-order valence-corrected chi connectivity index (χ0v) is 16.9. The number of fused-ring (bicyclic) bond motifs is 2. The van der Waals surface area contributed by atoms with Crippen molar-refractivity contribution in [3.05, 3.63) is 23.8 Å². The predicted molar refractivity (Wildman–Crippen MR) is 105 cm³/mol. The third-order valence-corrected chi connectivity index (χ3v) is 6.20. The van der Waals surface area contributed by atoms with Crippen LogP contribution in [0.2, 0.25) is 0 Å². The van der Waals surface area contributed by atoms with E-state index in [9.17, 15) is 14.4 Å². The molecule has 156 valence electrons. The SMILES string of the molecule is CCN(Cc1ccc2c(c1)OCCO2)C(=O)CCN1C(=O)[C@H]2CCCC[C@H]2C1=O. The van der Waals surface area contributed by atoms with Gasteiger partial charge in [0.15, 0.2) is 11.5 Å². The number of carbonyl (C=O) groups is 3. The summed E-state index contributed by atoms with van der Waals surface area (Å²) in [6, 6.07) is 5.70. The number of hydrogen-bond donors (Lipinski definition) is 0. The lowest BCUT2D eigenvalue weighted by atomic mass is 9.81. The molecule has 1 aliphatic carbocycles. The molecular weight excluding hydrogens is 372 g/mol. The van der Waals surface area contributed by atoms with E-state index in [1.54, 1.807) is 4.90 Å². The Balaban J connectivity index is 1.36. The van der Waals surface area contributed by atoms with Gasteiger partial charge in [0.2, 0.25) is 17.7 Å². The van der Waals surface area contributed by atoms with Crippen molar-refractivity contribution in [2.45, 2.75) is 45.6 Å². The van der Waals surface area contributed by atoms with Crippen LogP contribution in [0.3, 0.4) is 0 Å². The van der Waals surface area contributed by atoms with Gasteiger partial charge >= 0.3 is 0 Å². The lowest BCUT2D eigenvalue weighted by Crippen LogP contribution is -2.37. The van der Waals surface area contributed by atoms with Crippen molar-refractivity contribution in [2.75, 3.05) is 26.3 Å². The van der Waals surface area contributed by atoms with Crippen LogP contribution < -0.4 is 9.47 Å². The Kier molecular flexibility index (Phi) is 5.74. The minimum atomic E-state index is -0.161. The fourth-order valence-electron chi connectivity index (χ4n) is 4.60. The lowest BCUT2D eigenvalue weighted by molar-refractivity contribution is -0.141. The molecule has 29 heavy (non-hydrogen) atoms. The summed E-state index contributed by atoms with van der Waals surface area (Å²) >= 11 is 0. The van der Waals surface area contributed by atoms with E-state index in [2.05, 4.69) is 0 Å². The van der Waals surface area contributed by atoms with Crippen LogP contribution in [-0.2, 0) is 20.9 Å². The number of carbonyl (C=O) groups excluding carboxylic acids is 3. The van der Waals surface area contributed by atoms with Crippen LogP contribution >= 0.6 is 0 Å². The van der Waals surface area contributed by atoms with Crippen molar-refractivity contribution in [3.8, 4) is 11.5 Å². The van der Waals surface area contributed by atoms with Crippen LogP contribution in [0.1, 0.15) is 44.6 Å². The molecule has 0 N–H and O–H groups in total. The van der Waals surface area contributed by atoms with Crippen molar-refractivity contribution in [1.29, 1.82) is 0 Å². The molecule has 0 radical (unpaired) electrons. The van der Waals surface area contributed by atoms with Crippen molar-refractivity contribution < 1.29 is 23.9 Å². The maximum Gasteiger partial charge on any atom is 0.233 e. The van der Waals surface area contributed by atoms with Gasteiger partial charge in [0.05, 0.1) is 11.8 Å². The van der Waals surface area contributed by atoms with Gasteiger partial charge < -0.3 is 14.4 Å². The number of hydrogen-bond acceptors (Lipinski definition) is 5. The number of benzene rings is 1. The van der Waals surface area contributed by atoms with Gasteiger partial charge in [0.1, 0.15) is 13.2 Å². The van der Waals surface area contributed by atoms with Gasteiger partial charge in [-0.05, 0) is 37.5 Å². The summed E-state index contributed by atoms with van der Waals surface area (Å²) < 4.78 is 11.2. The molecule has 0 unspecified atom stereocenters. The van der Waals surface area contributed by atoms with Crippen molar-refractivity contribution >= 4 is 17.7 Å². The molecule has 2 aliphatic heterocycles. The van der Waals surface area contributed by atoms with E-state index < -0.39 is 0 Å². The number of nitrogens with zero attached hydrogens (tertiary/aromatic N) is 2. The summed E-state index contributed by atoms with van der Waals surface area (Å²) in [5, 5.41) is 0. The quantitative estimate of drug-likeness (QED) is 0.686. The third-order valence-electron chi connectivity index (χ3n) is 6.20. The van der Waals surface area contributed by atoms with Crippen LogP contribution in [0.4, 0.5) is 0 Å². The van der Waals surface area contributed by atoms with Gasteiger partial charge in [-0.25, -0.2) is 0 Å². The fourth-order valence-corrected chi connectivity index (χ4v) is 4.60. The third kappa shape index (κ3) is 3.95. The minimum Gasteiger partial charge on any atom is -0.486 e. The van der Waals surface area contributed by atoms with Gasteiger partial charge in [0, 0.05) is 26.1 Å². The minimum absolute atomic E-state index is 0.0575. The van der Waals surface area contributed by atoms with Crippen LogP contribution in [0, 0.1) is 11.8 Å². The van der Waals surface area contributed by atoms with Crippen LogP contribution in [0.15, 0.2) is 18.2 Å². The van der Waals surface area contributed by atoms with E-state index in [1.165, 1.54) is 4.90 Å². The van der Waals surface area contributed by atoms with E-state index >= 15 is 0 Å². The zero-order chi connectivity index (χ0) is 20.4. The molecule has 1 aromatic rings. The molecule has 0 aromatic heterocycles. The van der Waals surface area contributed by atoms with Gasteiger partial charge in [0.25, 0.3) is 0 Å². The Morgan fingerprint density at radius 1 is 1.07 bits per heavy atom. The molecule has 2 atom stereocenters. The molecule has 4 rings (SSSR count). The largest absolute Gasteiger partial charge is 0.486 e. The first-order chi connectivity index (χ1) is 14.1. The summed E-state index contributed by atoms with van der Waals surface area (Å²) in [4.78, 5) is 41.0. The molecule has 0 spiro atoms. The highest BCUT2D eigenvalue weighted by Gasteiger charge is 2.47. The normalized spacial score (nSPS) is 23.1. The smallest absolute Gasteiger partial charge is 0.233 e. The Hall–Kier alpha value is -2.57. The summed E-state index contributed by atoms with van der Waals surface area (Å²) in [5.74, 6) is 0.885. The second-order valence-electron chi connectivity index (χ2n) is 7.96.